The summed E-state index contributed by atoms with van der Waals surface area (Å²) in [6, 6.07) is 6.74. The summed E-state index contributed by atoms with van der Waals surface area (Å²) in [5, 5.41) is 0. The molecule has 1 atom stereocenters. The van der Waals surface area contributed by atoms with E-state index >= 15 is 0 Å². The summed E-state index contributed by atoms with van der Waals surface area (Å²) in [5.41, 5.74) is -0.376. The van der Waals surface area contributed by atoms with E-state index < -0.39 is 35.0 Å². The smallest absolute Gasteiger partial charge is 0.333 e. The van der Waals surface area contributed by atoms with Crippen LogP contribution in [0, 0.1) is 13.8 Å². The monoisotopic (exact) mass is 655 g/mol. The summed E-state index contributed by atoms with van der Waals surface area (Å²) in [6.07, 6.45) is -3.64. The van der Waals surface area contributed by atoms with Crippen LogP contribution in [-0.2, 0) is 18.8 Å². The number of piperazine rings is 1. The van der Waals surface area contributed by atoms with Gasteiger partial charge < -0.3 is 9.80 Å². The molecule has 0 spiro atoms. The number of aryl methyl sites for hydroxylation is 2. The standard InChI is InChI=1S/C31H39F6N3O.2ClH/c1-22-8-9-24(16-23(22)2)17-28-21-39(13-7-12-38-10-5-3-4-6-11-38)14-15-40(28)29(41)25-18-26(30(32,33)34)20-27(19-25)31(35,36)37;;/h8-9,16,18-20,28H,3-7,10-15,17,21H2,1-2H3;2*1H/t28-;;/m1../s1. The third-order valence-corrected chi connectivity index (χ3v) is 8.35. The van der Waals surface area contributed by atoms with Crippen molar-refractivity contribution in [1.82, 2.24) is 14.7 Å². The van der Waals surface area contributed by atoms with Crippen LogP contribution < -0.4 is 0 Å². The molecule has 0 aromatic heterocycles. The van der Waals surface area contributed by atoms with E-state index in [4.69, 9.17) is 0 Å². The number of nitrogens with zero attached hydrogens (tertiary/aromatic N) is 3. The highest BCUT2D eigenvalue weighted by atomic mass is 35.5. The number of carbonyl (C=O) groups excluding carboxylic acids is 1. The third-order valence-electron chi connectivity index (χ3n) is 8.35. The summed E-state index contributed by atoms with van der Waals surface area (Å²) in [5.74, 6) is -0.806. The maximum atomic E-state index is 13.6. The fourth-order valence-electron chi connectivity index (χ4n) is 5.89. The van der Waals surface area contributed by atoms with Gasteiger partial charge in [0.05, 0.1) is 11.1 Å². The minimum absolute atomic E-state index is 0. The molecule has 242 valence electrons. The molecule has 0 bridgehead atoms. The molecule has 0 saturated carbocycles. The zero-order valence-electron chi connectivity index (χ0n) is 24.6. The van der Waals surface area contributed by atoms with Gasteiger partial charge >= 0.3 is 12.4 Å². The van der Waals surface area contributed by atoms with Crippen molar-refractivity contribution in [1.29, 1.82) is 0 Å². The number of halogens is 8. The van der Waals surface area contributed by atoms with Crippen LogP contribution in [0.2, 0.25) is 0 Å². The number of carbonyl (C=O) groups is 1. The molecule has 2 aromatic carbocycles. The van der Waals surface area contributed by atoms with Gasteiger partial charge in [-0.2, -0.15) is 26.3 Å². The van der Waals surface area contributed by atoms with E-state index in [1.54, 1.807) is 0 Å². The summed E-state index contributed by atoms with van der Waals surface area (Å²) in [4.78, 5) is 19.8. The maximum absolute atomic E-state index is 13.6. The predicted molar refractivity (Wildman–Crippen MR) is 161 cm³/mol. The molecule has 4 rings (SSSR count). The van der Waals surface area contributed by atoms with Gasteiger partial charge in [-0.15, -0.1) is 24.8 Å². The molecule has 0 aliphatic carbocycles. The summed E-state index contributed by atoms with van der Waals surface area (Å²) < 4.78 is 81.0. The number of likely N-dealkylation sites (tertiary alicyclic amines) is 1. The van der Waals surface area contributed by atoms with Gasteiger partial charge in [0.1, 0.15) is 0 Å². The Morgan fingerprint density at radius 3 is 1.88 bits per heavy atom. The van der Waals surface area contributed by atoms with Crippen molar-refractivity contribution in [3.8, 4) is 0 Å². The molecule has 43 heavy (non-hydrogen) atoms. The van der Waals surface area contributed by atoms with Gasteiger partial charge in [-0.3, -0.25) is 9.69 Å². The van der Waals surface area contributed by atoms with Crippen LogP contribution in [0.25, 0.3) is 0 Å². The molecular weight excluding hydrogens is 615 g/mol. The molecular formula is C31H41Cl2F6N3O. The fraction of sp³-hybridized carbons (Fsp3) is 0.581. The summed E-state index contributed by atoms with van der Waals surface area (Å²) in [7, 11) is 0. The number of benzene rings is 2. The molecule has 2 heterocycles. The van der Waals surface area contributed by atoms with Crippen LogP contribution in [0.1, 0.15) is 70.3 Å². The van der Waals surface area contributed by atoms with Gasteiger partial charge in [-0.1, -0.05) is 31.0 Å². The van der Waals surface area contributed by atoms with E-state index in [1.165, 1.54) is 30.6 Å². The van der Waals surface area contributed by atoms with Crippen molar-refractivity contribution >= 4 is 30.7 Å². The van der Waals surface area contributed by atoms with Crippen molar-refractivity contribution in [2.45, 2.75) is 70.8 Å². The molecule has 2 aliphatic rings. The second kappa shape index (κ2) is 15.8. The lowest BCUT2D eigenvalue weighted by molar-refractivity contribution is -0.143. The van der Waals surface area contributed by atoms with Gasteiger partial charge in [0.2, 0.25) is 0 Å². The van der Waals surface area contributed by atoms with Crippen LogP contribution in [0.5, 0.6) is 0 Å². The van der Waals surface area contributed by atoms with E-state index in [0.29, 0.717) is 31.6 Å². The number of amides is 1. The average Bonchev–Trinajstić information content (AvgIpc) is 3.18. The molecule has 2 aliphatic heterocycles. The Hall–Kier alpha value is -2.01. The van der Waals surface area contributed by atoms with Crippen molar-refractivity contribution in [3.63, 3.8) is 0 Å². The van der Waals surface area contributed by atoms with Gasteiger partial charge in [0.25, 0.3) is 5.91 Å². The first-order valence-corrected chi connectivity index (χ1v) is 14.4. The lowest BCUT2D eigenvalue weighted by Gasteiger charge is -2.42. The van der Waals surface area contributed by atoms with Crippen LogP contribution in [-0.4, -0.2) is 72.5 Å². The number of hydrogen-bond acceptors (Lipinski definition) is 3. The topological polar surface area (TPSA) is 26.8 Å². The van der Waals surface area contributed by atoms with Gasteiger partial charge in [-0.05, 0) is 101 Å². The Labute approximate surface area is 262 Å². The SMILES string of the molecule is Cc1ccc(C[C@@H]2CN(CCCN3CCCCCC3)CCN2C(=O)c2cc(C(F)(F)F)cc(C(F)(F)F)c2)cc1C.Cl.Cl. The van der Waals surface area contributed by atoms with Crippen molar-refractivity contribution in [3.05, 3.63) is 69.8 Å². The highest BCUT2D eigenvalue weighted by molar-refractivity contribution is 5.95. The van der Waals surface area contributed by atoms with Gasteiger partial charge in [0, 0.05) is 31.2 Å². The second-order valence-corrected chi connectivity index (χ2v) is 11.5. The molecule has 2 aromatic rings. The molecule has 0 unspecified atom stereocenters. The first-order chi connectivity index (χ1) is 19.3. The largest absolute Gasteiger partial charge is 0.416 e. The Balaban J connectivity index is 0.00000323. The Bertz CT molecular complexity index is 1170. The van der Waals surface area contributed by atoms with E-state index in [1.807, 2.05) is 32.0 Å². The second-order valence-electron chi connectivity index (χ2n) is 11.5. The first kappa shape index (κ1) is 37.2. The molecule has 4 nitrogen and oxygen atoms in total. The van der Waals surface area contributed by atoms with Crippen molar-refractivity contribution in [2.24, 2.45) is 0 Å². The lowest BCUT2D eigenvalue weighted by Crippen LogP contribution is -2.56. The van der Waals surface area contributed by atoms with Crippen LogP contribution in [0.15, 0.2) is 36.4 Å². The van der Waals surface area contributed by atoms with E-state index in [9.17, 15) is 31.1 Å². The van der Waals surface area contributed by atoms with Crippen molar-refractivity contribution < 1.29 is 31.1 Å². The predicted octanol–water partition coefficient (Wildman–Crippen LogP) is 7.82. The molecule has 2 saturated heterocycles. The number of rotatable bonds is 7. The highest BCUT2D eigenvalue weighted by Crippen LogP contribution is 2.37. The first-order valence-electron chi connectivity index (χ1n) is 14.4. The van der Waals surface area contributed by atoms with E-state index in [-0.39, 0.29) is 43.5 Å². The van der Waals surface area contributed by atoms with Gasteiger partial charge in [0.15, 0.2) is 0 Å². The van der Waals surface area contributed by atoms with E-state index in [2.05, 4.69) is 9.80 Å². The average molecular weight is 657 g/mol. The molecule has 1 amide bonds. The quantitative estimate of drug-likeness (QED) is 0.285. The minimum Gasteiger partial charge on any atom is -0.333 e. The summed E-state index contributed by atoms with van der Waals surface area (Å²) in [6.45, 7) is 9.25. The van der Waals surface area contributed by atoms with Crippen molar-refractivity contribution in [2.75, 3.05) is 45.8 Å². The van der Waals surface area contributed by atoms with Crippen LogP contribution in [0.3, 0.4) is 0 Å². The van der Waals surface area contributed by atoms with Gasteiger partial charge in [-0.25, -0.2) is 0 Å². The fourth-order valence-corrected chi connectivity index (χ4v) is 5.89. The van der Waals surface area contributed by atoms with Crippen LogP contribution in [0.4, 0.5) is 26.3 Å². The molecule has 0 N–H and O–H groups in total. The number of hydrogen-bond donors (Lipinski definition) is 0. The lowest BCUT2D eigenvalue weighted by atomic mass is 9.97. The number of alkyl halides is 6. The Morgan fingerprint density at radius 1 is 0.744 bits per heavy atom. The van der Waals surface area contributed by atoms with E-state index in [0.717, 1.165) is 49.3 Å². The molecule has 0 radical (unpaired) electrons. The summed E-state index contributed by atoms with van der Waals surface area (Å²) >= 11 is 0. The Morgan fingerprint density at radius 2 is 1.33 bits per heavy atom. The zero-order valence-corrected chi connectivity index (χ0v) is 26.2. The molecule has 12 heteroatoms. The Kier molecular flexibility index (Phi) is 13.7. The molecule has 2 fully saturated rings. The third kappa shape index (κ3) is 10.3. The normalized spacial score (nSPS) is 18.9. The minimum atomic E-state index is -5.01. The van der Waals surface area contributed by atoms with Crippen LogP contribution >= 0.6 is 24.8 Å². The zero-order chi connectivity index (χ0) is 29.8. The maximum Gasteiger partial charge on any atom is 0.416 e. The highest BCUT2D eigenvalue weighted by Gasteiger charge is 2.39.